The number of aliphatic carboxylic acids is 1. The van der Waals surface area contributed by atoms with Gasteiger partial charge in [0, 0.05) is 12.8 Å². The molecular formula is C11H21K2NO5. The average molecular weight is 325 g/mol. The molecule has 0 spiro atoms. The molecule has 0 unspecified atom stereocenters. The van der Waals surface area contributed by atoms with Crippen molar-refractivity contribution in [1.29, 1.82) is 0 Å². The molecule has 0 aliphatic rings. The Labute approximate surface area is 201 Å². The van der Waals surface area contributed by atoms with Crippen molar-refractivity contribution < 1.29 is 130 Å². The van der Waals surface area contributed by atoms with Gasteiger partial charge in [0.2, 0.25) is 0 Å². The normalized spacial score (nSPS) is 8.89. The first-order valence-electron chi connectivity index (χ1n) is 5.71. The molecule has 0 amide bonds. The van der Waals surface area contributed by atoms with E-state index in [1.165, 1.54) is 0 Å². The van der Waals surface area contributed by atoms with Crippen LogP contribution in [-0.4, -0.2) is 29.6 Å². The van der Waals surface area contributed by atoms with E-state index in [4.69, 9.17) is 10.8 Å². The van der Waals surface area contributed by atoms with Gasteiger partial charge in [0.25, 0.3) is 0 Å². The van der Waals surface area contributed by atoms with Gasteiger partial charge in [0.05, 0.1) is 6.54 Å². The van der Waals surface area contributed by atoms with Crippen LogP contribution in [0.25, 0.3) is 0 Å². The second-order valence-corrected chi connectivity index (χ2v) is 3.71. The number of nitrogens with two attached hydrogens (primary N) is 1. The van der Waals surface area contributed by atoms with E-state index in [1.54, 1.807) is 0 Å². The molecule has 0 heterocycles. The van der Waals surface area contributed by atoms with Crippen LogP contribution >= 0.6 is 0 Å². The van der Waals surface area contributed by atoms with Crippen LogP contribution in [0.15, 0.2) is 0 Å². The van der Waals surface area contributed by atoms with Crippen LogP contribution in [0.5, 0.6) is 0 Å². The Balaban J connectivity index is -0.000000213. The number of carbonyl (C=O) groups excluding carboxylic acids is 2. The number of esters is 2. The minimum absolute atomic E-state index is 0. The third-order valence-electron chi connectivity index (χ3n) is 2.17. The predicted octanol–water partition coefficient (Wildman–Crippen LogP) is -4.94. The number of unbranched alkanes of at least 4 members (excludes halogenated alkanes) is 4. The summed E-state index contributed by atoms with van der Waals surface area (Å²) in [7, 11) is 0. The molecule has 0 atom stereocenters. The number of carboxylic acids is 1. The van der Waals surface area contributed by atoms with Crippen molar-refractivity contribution in [3.05, 3.63) is 0 Å². The van der Waals surface area contributed by atoms with E-state index < -0.39 is 17.9 Å². The molecule has 0 radical (unpaired) electrons. The third kappa shape index (κ3) is 19.8. The summed E-state index contributed by atoms with van der Waals surface area (Å²) in [6.07, 6.45) is 4.23. The van der Waals surface area contributed by atoms with E-state index in [9.17, 15) is 14.4 Å². The first kappa shape index (κ1) is 25.8. The molecular weight excluding hydrogens is 304 g/mol. The molecule has 8 heteroatoms. The zero-order valence-corrected chi connectivity index (χ0v) is 18.1. The second-order valence-electron chi connectivity index (χ2n) is 3.71. The molecule has 0 rings (SSSR count). The van der Waals surface area contributed by atoms with Gasteiger partial charge in [-0.2, -0.15) is 0 Å². The van der Waals surface area contributed by atoms with Gasteiger partial charge in [-0.05, 0) is 12.8 Å². The van der Waals surface area contributed by atoms with E-state index in [1.807, 2.05) is 0 Å². The standard InChI is InChI=1S/C11H19NO5.2K.2H/c12-8-11(16)17-10(15)7-5-3-1-2-4-6-9(13)14;;;;/h1-8,12H2,(H,13,14);;;;/q;2*+1;2*-1. The minimum atomic E-state index is -0.783. The van der Waals surface area contributed by atoms with Crippen molar-refractivity contribution >= 4 is 17.9 Å². The summed E-state index contributed by atoms with van der Waals surface area (Å²) in [5, 5.41) is 8.39. The number of carbonyl (C=O) groups is 3. The van der Waals surface area contributed by atoms with E-state index in [0.29, 0.717) is 12.8 Å². The summed E-state index contributed by atoms with van der Waals surface area (Å²) in [5.41, 5.74) is 4.98. The quantitative estimate of drug-likeness (QED) is 0.190. The van der Waals surface area contributed by atoms with Gasteiger partial charge >= 0.3 is 121 Å². The first-order chi connectivity index (χ1) is 8.06. The number of ether oxygens (including phenoxy) is 1. The van der Waals surface area contributed by atoms with Gasteiger partial charge in [0.15, 0.2) is 0 Å². The van der Waals surface area contributed by atoms with Crippen molar-refractivity contribution in [1.82, 2.24) is 0 Å². The van der Waals surface area contributed by atoms with Crippen LogP contribution < -0.4 is 109 Å². The Morgan fingerprint density at radius 3 is 1.84 bits per heavy atom. The zero-order valence-electron chi connectivity index (χ0n) is 13.8. The summed E-state index contributed by atoms with van der Waals surface area (Å²) in [6.45, 7) is -0.291. The summed E-state index contributed by atoms with van der Waals surface area (Å²) in [6, 6.07) is 0. The van der Waals surface area contributed by atoms with Crippen molar-refractivity contribution in [2.24, 2.45) is 5.73 Å². The molecule has 6 nitrogen and oxygen atoms in total. The summed E-state index contributed by atoms with van der Waals surface area (Å²) >= 11 is 0. The molecule has 3 N–H and O–H groups in total. The predicted molar refractivity (Wildman–Crippen MR) is 62.3 cm³/mol. The van der Waals surface area contributed by atoms with Crippen LogP contribution in [0.4, 0.5) is 0 Å². The van der Waals surface area contributed by atoms with Gasteiger partial charge < -0.3 is 18.4 Å². The molecule has 0 saturated heterocycles. The fraction of sp³-hybridized carbons (Fsp3) is 0.727. The Morgan fingerprint density at radius 1 is 0.895 bits per heavy atom. The number of rotatable bonds is 9. The smallest absolute Gasteiger partial charge is 1.00 e. The van der Waals surface area contributed by atoms with Crippen LogP contribution in [0.2, 0.25) is 0 Å². The molecule has 0 saturated carbocycles. The van der Waals surface area contributed by atoms with E-state index in [2.05, 4.69) is 4.74 Å². The Morgan fingerprint density at radius 2 is 1.37 bits per heavy atom. The summed E-state index contributed by atoms with van der Waals surface area (Å²) < 4.78 is 4.38. The third-order valence-corrected chi connectivity index (χ3v) is 2.17. The van der Waals surface area contributed by atoms with Gasteiger partial charge in [-0.1, -0.05) is 19.3 Å². The van der Waals surface area contributed by atoms with Gasteiger partial charge in [-0.3, -0.25) is 14.4 Å². The Kier molecular flexibility index (Phi) is 24.3. The number of hydrogen-bond acceptors (Lipinski definition) is 5. The SMILES string of the molecule is NCC(=O)OC(=O)CCCCCCCC(=O)O.[H-].[H-].[K+].[K+]. The van der Waals surface area contributed by atoms with E-state index in [0.717, 1.165) is 19.3 Å². The average Bonchev–Trinajstić information content (AvgIpc) is 2.27. The number of hydrogen-bond donors (Lipinski definition) is 2. The molecule has 0 aliphatic heterocycles. The van der Waals surface area contributed by atoms with E-state index >= 15 is 0 Å². The fourth-order valence-electron chi connectivity index (χ4n) is 1.30. The van der Waals surface area contributed by atoms with Crippen molar-refractivity contribution in [3.8, 4) is 0 Å². The number of carboxylic acid groups (broad SMARTS) is 1. The molecule has 0 aromatic carbocycles. The molecule has 0 aromatic rings. The van der Waals surface area contributed by atoms with E-state index in [-0.39, 0.29) is 125 Å². The van der Waals surface area contributed by atoms with Crippen LogP contribution in [0.3, 0.4) is 0 Å². The largest absolute Gasteiger partial charge is 1.00 e. The fourth-order valence-corrected chi connectivity index (χ4v) is 1.30. The molecule has 0 fully saturated rings. The molecule has 0 aliphatic carbocycles. The summed E-state index contributed by atoms with van der Waals surface area (Å²) in [4.78, 5) is 31.9. The molecule has 0 aromatic heterocycles. The minimum Gasteiger partial charge on any atom is -1.00 e. The monoisotopic (exact) mass is 325 g/mol. The van der Waals surface area contributed by atoms with Crippen LogP contribution in [-0.2, 0) is 19.1 Å². The van der Waals surface area contributed by atoms with Crippen LogP contribution in [0.1, 0.15) is 47.8 Å². The maximum absolute atomic E-state index is 11.0. The van der Waals surface area contributed by atoms with Gasteiger partial charge in [-0.15, -0.1) is 0 Å². The second kappa shape index (κ2) is 17.9. The molecule has 19 heavy (non-hydrogen) atoms. The maximum atomic E-state index is 11.0. The molecule has 0 bridgehead atoms. The van der Waals surface area contributed by atoms with Gasteiger partial charge in [-0.25, -0.2) is 0 Å². The Bertz CT molecular complexity index is 283. The van der Waals surface area contributed by atoms with Crippen molar-refractivity contribution in [3.63, 3.8) is 0 Å². The summed E-state index contributed by atoms with van der Waals surface area (Å²) in [5.74, 6) is -2.05. The zero-order chi connectivity index (χ0) is 13.1. The van der Waals surface area contributed by atoms with Crippen molar-refractivity contribution in [2.75, 3.05) is 6.54 Å². The first-order valence-corrected chi connectivity index (χ1v) is 5.71. The Hall–Kier alpha value is 1.84. The topological polar surface area (TPSA) is 107 Å². The van der Waals surface area contributed by atoms with Crippen molar-refractivity contribution in [2.45, 2.75) is 44.9 Å². The van der Waals surface area contributed by atoms with Crippen LogP contribution in [0, 0.1) is 0 Å². The van der Waals surface area contributed by atoms with Gasteiger partial charge in [0.1, 0.15) is 0 Å². The maximum Gasteiger partial charge on any atom is 1.00 e. The molecule has 102 valence electrons.